The molecule has 0 fully saturated rings. The summed E-state index contributed by atoms with van der Waals surface area (Å²) in [5.74, 6) is 2.02. The molecule has 378 valence electrons. The van der Waals surface area contributed by atoms with Crippen molar-refractivity contribution in [1.82, 2.24) is 14.1 Å². The Morgan fingerprint density at radius 3 is 1.68 bits per heavy atom. The third-order valence-electron chi connectivity index (χ3n) is 14.7. The van der Waals surface area contributed by atoms with Crippen LogP contribution in [-0.2, 0) is 48.1 Å². The number of hydrogen-bond donors (Lipinski definition) is 0. The maximum atomic E-state index is 7.08. The Morgan fingerprint density at radius 1 is 0.473 bits per heavy atom. The second kappa shape index (κ2) is 19.5. The number of aromatic nitrogens is 4. The van der Waals surface area contributed by atoms with Gasteiger partial charge in [-0.15, -0.1) is 35.2 Å². The molecule has 0 unspecified atom stereocenters. The molecule has 3 aromatic heterocycles. The molecule has 10 aromatic rings. The van der Waals surface area contributed by atoms with Gasteiger partial charge in [0.05, 0.1) is 17.1 Å². The number of imidazole rings is 1. The van der Waals surface area contributed by atoms with Gasteiger partial charge in [-0.05, 0) is 96.4 Å². The molecule has 0 aliphatic carbocycles. The van der Waals surface area contributed by atoms with E-state index in [1.54, 1.807) is 0 Å². The molecule has 0 saturated heterocycles. The molecule has 0 aliphatic rings. The van der Waals surface area contributed by atoms with Crippen LogP contribution in [0.25, 0.3) is 50.1 Å². The van der Waals surface area contributed by atoms with Gasteiger partial charge in [-0.3, -0.25) is 4.57 Å². The average Bonchev–Trinajstić information content (AvgIpc) is 3.95. The summed E-state index contributed by atoms with van der Waals surface area (Å²) in [6, 6.07) is 68.4. The molecule has 5 nitrogen and oxygen atoms in total. The van der Waals surface area contributed by atoms with Gasteiger partial charge in [0, 0.05) is 49.7 Å². The predicted molar refractivity (Wildman–Crippen MR) is 301 cm³/mol. The zero-order valence-electron chi connectivity index (χ0n) is 45.3. The summed E-state index contributed by atoms with van der Waals surface area (Å²) in [5, 5.41) is 2.21. The third kappa shape index (κ3) is 9.84. The van der Waals surface area contributed by atoms with Gasteiger partial charge in [0.2, 0.25) is 0 Å². The normalized spacial score (nSPS) is 12.6. The van der Waals surface area contributed by atoms with Gasteiger partial charge in [0.25, 0.3) is 6.33 Å². The number of para-hydroxylation sites is 1. The molecule has 3 heterocycles. The van der Waals surface area contributed by atoms with E-state index in [9.17, 15) is 0 Å². The van der Waals surface area contributed by atoms with Crippen molar-refractivity contribution in [1.29, 1.82) is 0 Å². The molecular weight excluding hydrogens is 1080 g/mol. The van der Waals surface area contributed by atoms with Crippen LogP contribution < -0.4 is 9.30 Å². The van der Waals surface area contributed by atoms with Crippen molar-refractivity contribution in [3.05, 3.63) is 234 Å². The van der Waals surface area contributed by atoms with Gasteiger partial charge < -0.3 is 13.9 Å². The van der Waals surface area contributed by atoms with Crippen LogP contribution in [0, 0.1) is 18.5 Å². The van der Waals surface area contributed by atoms with Gasteiger partial charge in [-0.1, -0.05) is 211 Å². The number of pyridine rings is 1. The van der Waals surface area contributed by atoms with Crippen LogP contribution in [0.15, 0.2) is 176 Å². The van der Waals surface area contributed by atoms with Gasteiger partial charge in [-0.2, -0.15) is 12.1 Å². The maximum absolute atomic E-state index is 7.08. The molecule has 74 heavy (non-hydrogen) atoms. The van der Waals surface area contributed by atoms with Crippen LogP contribution in [0.2, 0.25) is 0 Å². The number of ether oxygens (including phenoxy) is 1. The number of benzene rings is 7. The number of nitrogens with zero attached hydrogens (tertiary/aromatic N) is 4. The first kappa shape index (κ1) is 52.1. The van der Waals surface area contributed by atoms with Crippen LogP contribution in [-0.4, -0.2) is 14.1 Å². The Balaban J connectivity index is 0.00000672. The summed E-state index contributed by atoms with van der Waals surface area (Å²) < 4.78 is 13.9. The molecule has 0 radical (unpaired) electrons. The Kier molecular flexibility index (Phi) is 13.7. The van der Waals surface area contributed by atoms with Crippen molar-refractivity contribution < 1.29 is 30.4 Å². The largest absolute Gasteiger partial charge is 0.510 e. The SMILES string of the molecule is CC(C)(C)c1ccnc(-n2c3[c-]c(Oc4[c-]c(-n5[c-][n+](-c6cc(-c7ccccc7)cc(C(C)(C)c7ccccc7)c6)c(C(C)(C)C)c5C(C)(C)C)cc(C(C)(C)c5ccccc5)c4)ccc3c3ccccc32)c1.[Pt]. The van der Waals surface area contributed by atoms with E-state index in [0.29, 0.717) is 11.5 Å². The fourth-order valence-corrected chi connectivity index (χ4v) is 10.5. The van der Waals surface area contributed by atoms with E-state index in [2.05, 4.69) is 286 Å². The molecule has 0 saturated carbocycles. The first-order chi connectivity index (χ1) is 34.6. The van der Waals surface area contributed by atoms with Crippen LogP contribution >= 0.6 is 0 Å². The zero-order valence-corrected chi connectivity index (χ0v) is 47.5. The van der Waals surface area contributed by atoms with Crippen molar-refractivity contribution in [2.24, 2.45) is 0 Å². The minimum Gasteiger partial charge on any atom is -0.510 e. The van der Waals surface area contributed by atoms with Gasteiger partial charge >= 0.3 is 0 Å². The Labute approximate surface area is 454 Å². The number of rotatable bonds is 10. The van der Waals surface area contributed by atoms with E-state index in [1.807, 2.05) is 12.3 Å². The summed E-state index contributed by atoms with van der Waals surface area (Å²) in [7, 11) is 0. The molecule has 0 aliphatic heterocycles. The van der Waals surface area contributed by atoms with Gasteiger partial charge in [0.15, 0.2) is 0 Å². The summed E-state index contributed by atoms with van der Waals surface area (Å²) in [5.41, 5.74) is 13.1. The first-order valence-corrected chi connectivity index (χ1v) is 25.7. The molecule has 0 bridgehead atoms. The first-order valence-electron chi connectivity index (χ1n) is 25.7. The van der Waals surface area contributed by atoms with E-state index >= 15 is 0 Å². The Hall–Kier alpha value is -6.81. The van der Waals surface area contributed by atoms with Crippen molar-refractivity contribution in [2.75, 3.05) is 0 Å². The molecule has 0 N–H and O–H groups in total. The van der Waals surface area contributed by atoms with E-state index in [4.69, 9.17) is 9.72 Å². The van der Waals surface area contributed by atoms with E-state index < -0.39 is 5.41 Å². The number of hydrogen-bond acceptors (Lipinski definition) is 2. The molecule has 6 heteroatoms. The van der Waals surface area contributed by atoms with Gasteiger partial charge in [0.1, 0.15) is 5.82 Å². The van der Waals surface area contributed by atoms with Crippen LogP contribution in [0.1, 0.15) is 129 Å². The van der Waals surface area contributed by atoms with E-state index in [0.717, 1.165) is 55.8 Å². The molecule has 0 amide bonds. The summed E-state index contributed by atoms with van der Waals surface area (Å²) in [6.45, 7) is 29.8. The van der Waals surface area contributed by atoms with E-state index in [-0.39, 0.29) is 42.7 Å². The summed E-state index contributed by atoms with van der Waals surface area (Å²) >= 11 is 0. The minimum absolute atomic E-state index is 0. The molecule has 10 rings (SSSR count). The van der Waals surface area contributed by atoms with E-state index in [1.165, 1.54) is 33.5 Å². The zero-order chi connectivity index (χ0) is 51.7. The van der Waals surface area contributed by atoms with Gasteiger partial charge in [-0.25, -0.2) is 4.98 Å². The second-order valence-corrected chi connectivity index (χ2v) is 23.9. The summed E-state index contributed by atoms with van der Waals surface area (Å²) in [6.07, 6.45) is 5.92. The minimum atomic E-state index is -0.410. The standard InChI is InChI=1S/C68H68N4O.Pt/c1-64(2,3)50-35-36-69-61(42-50)72-59-32-24-23-31-57(59)58-34-33-55(44-60(58)72)73-56-41-52(68(12,13)49-29-21-16-22-30-49)40-54(43-56)71-45-70(62(65(4,5)6)63(71)66(7,8)9)53-38-47(46-25-17-14-18-26-46)37-51(39-53)67(10,11)48-27-19-15-20-28-48;/h14-42H,1-13H3;/q-2;. The fourth-order valence-electron chi connectivity index (χ4n) is 10.5. The summed E-state index contributed by atoms with van der Waals surface area (Å²) in [4.78, 5) is 4.94. The quantitative estimate of drug-likeness (QED) is 0.101. The predicted octanol–water partition coefficient (Wildman–Crippen LogP) is 16.6. The van der Waals surface area contributed by atoms with Crippen LogP contribution in [0.3, 0.4) is 0 Å². The van der Waals surface area contributed by atoms with Crippen molar-refractivity contribution in [3.63, 3.8) is 0 Å². The maximum Gasteiger partial charge on any atom is 0.267 e. The topological polar surface area (TPSA) is 35.9 Å². The van der Waals surface area contributed by atoms with Crippen molar-refractivity contribution in [2.45, 2.75) is 117 Å². The fraction of sp³-hybridized carbons (Fsp3) is 0.265. The molecule has 7 aromatic carbocycles. The third-order valence-corrected chi connectivity index (χ3v) is 14.7. The van der Waals surface area contributed by atoms with Crippen LogP contribution in [0.4, 0.5) is 0 Å². The average molecular weight is 1150 g/mol. The van der Waals surface area contributed by atoms with Crippen molar-refractivity contribution >= 4 is 21.8 Å². The second-order valence-electron chi connectivity index (χ2n) is 23.9. The Morgan fingerprint density at radius 2 is 1.07 bits per heavy atom. The molecular formula is C68H68N4OPt-2. The van der Waals surface area contributed by atoms with Crippen molar-refractivity contribution in [3.8, 4) is 39.8 Å². The molecule has 0 atom stereocenters. The smallest absolute Gasteiger partial charge is 0.267 e. The monoisotopic (exact) mass is 1150 g/mol. The molecule has 0 spiro atoms. The Bertz CT molecular complexity index is 3640. The van der Waals surface area contributed by atoms with Crippen LogP contribution in [0.5, 0.6) is 11.5 Å². The number of fused-ring (bicyclic) bond motifs is 3.